The van der Waals surface area contributed by atoms with Gasteiger partial charge < -0.3 is 9.84 Å². The standard InChI is InChI=1S/C13H16BrN3O/c1-8(2)15-7-11-16-13(18-17-11)10-6-4-5-9(3)12(10)14/h4-6,8,15H,7H2,1-3H3. The molecule has 0 aliphatic carbocycles. The quantitative estimate of drug-likeness (QED) is 0.941. The van der Waals surface area contributed by atoms with Gasteiger partial charge in [-0.1, -0.05) is 31.1 Å². The van der Waals surface area contributed by atoms with Crippen LogP contribution in [-0.2, 0) is 6.54 Å². The minimum Gasteiger partial charge on any atom is -0.334 e. The molecule has 0 aliphatic rings. The SMILES string of the molecule is Cc1cccc(-c2nc(CNC(C)C)no2)c1Br. The van der Waals surface area contributed by atoms with Crippen molar-refractivity contribution in [2.75, 3.05) is 0 Å². The van der Waals surface area contributed by atoms with E-state index >= 15 is 0 Å². The monoisotopic (exact) mass is 309 g/mol. The molecule has 1 heterocycles. The predicted octanol–water partition coefficient (Wildman–Crippen LogP) is 3.31. The second kappa shape index (κ2) is 5.63. The molecule has 4 nitrogen and oxygen atoms in total. The van der Waals surface area contributed by atoms with Gasteiger partial charge in [-0.05, 0) is 34.5 Å². The van der Waals surface area contributed by atoms with Gasteiger partial charge in [-0.3, -0.25) is 0 Å². The maximum atomic E-state index is 5.29. The Bertz CT molecular complexity index is 537. The predicted molar refractivity (Wildman–Crippen MR) is 74.1 cm³/mol. The molecule has 1 N–H and O–H groups in total. The zero-order valence-electron chi connectivity index (χ0n) is 10.7. The average molecular weight is 310 g/mol. The second-order valence-electron chi connectivity index (χ2n) is 4.49. The maximum absolute atomic E-state index is 5.29. The van der Waals surface area contributed by atoms with E-state index in [1.54, 1.807) is 0 Å². The van der Waals surface area contributed by atoms with Crippen LogP contribution in [0.2, 0.25) is 0 Å². The van der Waals surface area contributed by atoms with Crippen molar-refractivity contribution in [1.29, 1.82) is 0 Å². The van der Waals surface area contributed by atoms with Gasteiger partial charge in [0.2, 0.25) is 0 Å². The van der Waals surface area contributed by atoms with Crippen molar-refractivity contribution in [3.63, 3.8) is 0 Å². The molecular formula is C13H16BrN3O. The van der Waals surface area contributed by atoms with Gasteiger partial charge in [0.25, 0.3) is 5.89 Å². The van der Waals surface area contributed by atoms with Gasteiger partial charge in [0.15, 0.2) is 5.82 Å². The van der Waals surface area contributed by atoms with Crippen molar-refractivity contribution in [2.24, 2.45) is 0 Å². The van der Waals surface area contributed by atoms with E-state index in [9.17, 15) is 0 Å². The highest BCUT2D eigenvalue weighted by atomic mass is 79.9. The number of aromatic nitrogens is 2. The van der Waals surface area contributed by atoms with Gasteiger partial charge in [-0.25, -0.2) is 0 Å². The van der Waals surface area contributed by atoms with Crippen LogP contribution in [0, 0.1) is 6.92 Å². The molecule has 5 heteroatoms. The van der Waals surface area contributed by atoms with Crippen LogP contribution in [0.25, 0.3) is 11.5 Å². The van der Waals surface area contributed by atoms with E-state index in [2.05, 4.69) is 45.2 Å². The third-order valence-electron chi connectivity index (χ3n) is 2.56. The summed E-state index contributed by atoms with van der Waals surface area (Å²) >= 11 is 3.54. The van der Waals surface area contributed by atoms with E-state index in [0.717, 1.165) is 15.6 Å². The maximum Gasteiger partial charge on any atom is 0.259 e. The Balaban J connectivity index is 2.21. The Kier molecular flexibility index (Phi) is 4.14. The molecule has 0 saturated carbocycles. The molecular weight excluding hydrogens is 294 g/mol. The molecule has 0 spiro atoms. The fraction of sp³-hybridized carbons (Fsp3) is 0.385. The molecule has 1 aromatic heterocycles. The highest BCUT2D eigenvalue weighted by Gasteiger charge is 2.12. The Morgan fingerprint density at radius 1 is 1.39 bits per heavy atom. The van der Waals surface area contributed by atoms with E-state index in [1.165, 1.54) is 0 Å². The van der Waals surface area contributed by atoms with Crippen LogP contribution in [0.5, 0.6) is 0 Å². The van der Waals surface area contributed by atoms with E-state index in [0.29, 0.717) is 24.3 Å². The van der Waals surface area contributed by atoms with Crippen molar-refractivity contribution in [1.82, 2.24) is 15.5 Å². The van der Waals surface area contributed by atoms with Crippen LogP contribution in [0.3, 0.4) is 0 Å². The number of hydrogen-bond donors (Lipinski definition) is 1. The molecule has 2 aromatic rings. The Labute approximate surface area is 115 Å². The van der Waals surface area contributed by atoms with Gasteiger partial charge in [0.1, 0.15) is 0 Å². The fourth-order valence-corrected chi connectivity index (χ4v) is 1.98. The lowest BCUT2D eigenvalue weighted by atomic mass is 10.1. The van der Waals surface area contributed by atoms with Gasteiger partial charge in [-0.15, -0.1) is 0 Å². The van der Waals surface area contributed by atoms with Gasteiger partial charge >= 0.3 is 0 Å². The first-order chi connectivity index (χ1) is 8.58. The number of benzene rings is 1. The van der Waals surface area contributed by atoms with Gasteiger partial charge in [-0.2, -0.15) is 4.98 Å². The van der Waals surface area contributed by atoms with E-state index in [4.69, 9.17) is 4.52 Å². The van der Waals surface area contributed by atoms with Crippen LogP contribution in [0.15, 0.2) is 27.2 Å². The molecule has 1 aromatic carbocycles. The molecule has 0 bridgehead atoms. The normalized spacial score (nSPS) is 11.2. The topological polar surface area (TPSA) is 51.0 Å². The zero-order valence-corrected chi connectivity index (χ0v) is 12.3. The molecule has 96 valence electrons. The smallest absolute Gasteiger partial charge is 0.259 e. The molecule has 0 amide bonds. The Hall–Kier alpha value is -1.20. The van der Waals surface area contributed by atoms with Crippen molar-refractivity contribution < 1.29 is 4.52 Å². The summed E-state index contributed by atoms with van der Waals surface area (Å²) in [7, 11) is 0. The Morgan fingerprint density at radius 2 is 2.17 bits per heavy atom. The van der Waals surface area contributed by atoms with Crippen molar-refractivity contribution in [2.45, 2.75) is 33.4 Å². The van der Waals surface area contributed by atoms with Crippen LogP contribution < -0.4 is 5.32 Å². The summed E-state index contributed by atoms with van der Waals surface area (Å²) in [6.45, 7) is 6.81. The number of halogens is 1. The van der Waals surface area contributed by atoms with Crippen LogP contribution >= 0.6 is 15.9 Å². The van der Waals surface area contributed by atoms with Gasteiger partial charge in [0, 0.05) is 10.5 Å². The third-order valence-corrected chi connectivity index (χ3v) is 3.61. The summed E-state index contributed by atoms with van der Waals surface area (Å²) < 4.78 is 6.28. The molecule has 0 saturated heterocycles. The lowest BCUT2D eigenvalue weighted by molar-refractivity contribution is 0.417. The largest absolute Gasteiger partial charge is 0.334 e. The summed E-state index contributed by atoms with van der Waals surface area (Å²) in [5.74, 6) is 1.22. The first-order valence-corrected chi connectivity index (χ1v) is 6.68. The average Bonchev–Trinajstić information content (AvgIpc) is 2.78. The summed E-state index contributed by atoms with van der Waals surface area (Å²) in [4.78, 5) is 4.38. The molecule has 2 rings (SSSR count). The Morgan fingerprint density at radius 3 is 2.89 bits per heavy atom. The number of nitrogens with one attached hydrogen (secondary N) is 1. The molecule has 0 aliphatic heterocycles. The van der Waals surface area contributed by atoms with E-state index in [1.807, 2.05) is 25.1 Å². The second-order valence-corrected chi connectivity index (χ2v) is 5.28. The zero-order chi connectivity index (χ0) is 13.1. The summed E-state index contributed by atoms with van der Waals surface area (Å²) in [6.07, 6.45) is 0. The molecule has 0 radical (unpaired) electrons. The molecule has 18 heavy (non-hydrogen) atoms. The number of rotatable bonds is 4. The van der Waals surface area contributed by atoms with Crippen LogP contribution in [-0.4, -0.2) is 16.2 Å². The number of aryl methyl sites for hydroxylation is 1. The summed E-state index contributed by atoms with van der Waals surface area (Å²) in [5, 5.41) is 7.22. The van der Waals surface area contributed by atoms with E-state index < -0.39 is 0 Å². The molecule has 0 fully saturated rings. The fourth-order valence-electron chi connectivity index (χ4n) is 1.54. The first-order valence-electron chi connectivity index (χ1n) is 5.89. The van der Waals surface area contributed by atoms with Crippen molar-refractivity contribution in [3.8, 4) is 11.5 Å². The minimum absolute atomic E-state index is 0.401. The highest BCUT2D eigenvalue weighted by Crippen LogP contribution is 2.29. The lowest BCUT2D eigenvalue weighted by Gasteiger charge is -2.03. The third kappa shape index (κ3) is 2.97. The van der Waals surface area contributed by atoms with Crippen LogP contribution in [0.4, 0.5) is 0 Å². The van der Waals surface area contributed by atoms with Gasteiger partial charge in [0.05, 0.1) is 12.1 Å². The first kappa shape index (κ1) is 13.2. The van der Waals surface area contributed by atoms with E-state index in [-0.39, 0.29) is 0 Å². The number of hydrogen-bond acceptors (Lipinski definition) is 4. The minimum atomic E-state index is 0.401. The summed E-state index contributed by atoms with van der Waals surface area (Å²) in [5.41, 5.74) is 2.07. The van der Waals surface area contributed by atoms with Crippen LogP contribution in [0.1, 0.15) is 25.2 Å². The molecule has 0 atom stereocenters. The van der Waals surface area contributed by atoms with Crippen molar-refractivity contribution >= 4 is 15.9 Å². The highest BCUT2D eigenvalue weighted by molar-refractivity contribution is 9.10. The summed E-state index contributed by atoms with van der Waals surface area (Å²) in [6, 6.07) is 6.37. The number of nitrogens with zero attached hydrogens (tertiary/aromatic N) is 2. The lowest BCUT2D eigenvalue weighted by Crippen LogP contribution is -2.22. The molecule has 0 unspecified atom stereocenters. The van der Waals surface area contributed by atoms with Crippen molar-refractivity contribution in [3.05, 3.63) is 34.1 Å².